The lowest BCUT2D eigenvalue weighted by atomic mass is 9.99. The highest BCUT2D eigenvalue weighted by Gasteiger charge is 2.16. The molecule has 0 radical (unpaired) electrons. The number of aryl methyl sites for hydroxylation is 2. The van der Waals surface area contributed by atoms with Crippen LogP contribution >= 0.6 is 11.3 Å². The zero-order chi connectivity index (χ0) is 13.9. The SMILES string of the molecule is CC(Nc1ccc(CO)cc1)c1cc2c(s1)CCCC2. The van der Waals surface area contributed by atoms with Crippen LogP contribution in [-0.4, -0.2) is 5.11 Å². The van der Waals surface area contributed by atoms with Gasteiger partial charge in [-0.2, -0.15) is 0 Å². The number of anilines is 1. The zero-order valence-electron chi connectivity index (χ0n) is 11.9. The summed E-state index contributed by atoms with van der Waals surface area (Å²) < 4.78 is 0. The summed E-state index contributed by atoms with van der Waals surface area (Å²) in [6.45, 7) is 2.32. The van der Waals surface area contributed by atoms with Crippen molar-refractivity contribution in [2.75, 3.05) is 5.32 Å². The van der Waals surface area contributed by atoms with E-state index in [2.05, 4.69) is 18.3 Å². The molecule has 1 aromatic carbocycles. The van der Waals surface area contributed by atoms with E-state index in [4.69, 9.17) is 5.11 Å². The number of benzene rings is 1. The molecule has 0 saturated heterocycles. The summed E-state index contributed by atoms with van der Waals surface area (Å²) in [7, 11) is 0. The van der Waals surface area contributed by atoms with Gasteiger partial charge in [-0.05, 0) is 61.9 Å². The molecule has 1 aliphatic rings. The Labute approximate surface area is 124 Å². The minimum atomic E-state index is 0.105. The number of nitrogens with one attached hydrogen (secondary N) is 1. The fourth-order valence-corrected chi connectivity index (χ4v) is 4.01. The topological polar surface area (TPSA) is 32.3 Å². The lowest BCUT2D eigenvalue weighted by molar-refractivity contribution is 0.282. The van der Waals surface area contributed by atoms with Gasteiger partial charge in [0, 0.05) is 15.4 Å². The quantitative estimate of drug-likeness (QED) is 0.879. The van der Waals surface area contributed by atoms with Crippen molar-refractivity contribution in [3.63, 3.8) is 0 Å². The van der Waals surface area contributed by atoms with Crippen molar-refractivity contribution < 1.29 is 5.11 Å². The van der Waals surface area contributed by atoms with Crippen LogP contribution in [0.2, 0.25) is 0 Å². The van der Waals surface area contributed by atoms with Gasteiger partial charge in [0.2, 0.25) is 0 Å². The van der Waals surface area contributed by atoms with E-state index in [1.54, 1.807) is 10.4 Å². The molecule has 1 atom stereocenters. The van der Waals surface area contributed by atoms with Gasteiger partial charge in [0.1, 0.15) is 0 Å². The van der Waals surface area contributed by atoms with Crippen molar-refractivity contribution in [2.45, 2.75) is 45.3 Å². The van der Waals surface area contributed by atoms with Gasteiger partial charge in [-0.15, -0.1) is 11.3 Å². The largest absolute Gasteiger partial charge is 0.392 e. The highest BCUT2D eigenvalue weighted by Crippen LogP contribution is 2.34. The molecule has 1 aromatic heterocycles. The third-order valence-electron chi connectivity index (χ3n) is 3.96. The Kier molecular flexibility index (Phi) is 4.08. The molecule has 0 fully saturated rings. The molecule has 3 heteroatoms. The van der Waals surface area contributed by atoms with Crippen molar-refractivity contribution in [3.05, 3.63) is 51.2 Å². The summed E-state index contributed by atoms with van der Waals surface area (Å²) in [4.78, 5) is 3.03. The molecule has 1 unspecified atom stereocenters. The number of fused-ring (bicyclic) bond motifs is 1. The van der Waals surface area contributed by atoms with Crippen LogP contribution in [0.1, 0.15) is 46.7 Å². The highest BCUT2D eigenvalue weighted by molar-refractivity contribution is 7.12. The molecule has 0 bridgehead atoms. The van der Waals surface area contributed by atoms with E-state index in [9.17, 15) is 0 Å². The lowest BCUT2D eigenvalue weighted by Crippen LogP contribution is -2.04. The Morgan fingerprint density at radius 1 is 1.20 bits per heavy atom. The summed E-state index contributed by atoms with van der Waals surface area (Å²) in [6, 6.07) is 10.7. The first-order valence-electron chi connectivity index (χ1n) is 7.34. The molecule has 0 aliphatic heterocycles. The molecular weight excluding hydrogens is 266 g/mol. The average molecular weight is 287 g/mol. The first-order chi connectivity index (χ1) is 9.76. The molecule has 2 nitrogen and oxygen atoms in total. The van der Waals surface area contributed by atoms with Crippen molar-refractivity contribution in [1.82, 2.24) is 0 Å². The molecule has 0 saturated carbocycles. The zero-order valence-corrected chi connectivity index (χ0v) is 12.7. The van der Waals surface area contributed by atoms with Gasteiger partial charge in [0.25, 0.3) is 0 Å². The highest BCUT2D eigenvalue weighted by atomic mass is 32.1. The minimum Gasteiger partial charge on any atom is -0.392 e. The Hall–Kier alpha value is -1.32. The fraction of sp³-hybridized carbons (Fsp3) is 0.412. The molecular formula is C17H21NOS. The predicted molar refractivity (Wildman–Crippen MR) is 85.4 cm³/mol. The molecule has 106 valence electrons. The molecule has 1 aliphatic carbocycles. The first kappa shape index (κ1) is 13.7. The summed E-state index contributed by atoms with van der Waals surface area (Å²) >= 11 is 1.97. The van der Waals surface area contributed by atoms with E-state index in [1.165, 1.54) is 30.6 Å². The van der Waals surface area contributed by atoms with Crippen LogP contribution < -0.4 is 5.32 Å². The summed E-state index contributed by atoms with van der Waals surface area (Å²) in [5, 5.41) is 12.6. The monoisotopic (exact) mass is 287 g/mol. The van der Waals surface area contributed by atoms with Gasteiger partial charge in [-0.1, -0.05) is 12.1 Å². The second-order valence-electron chi connectivity index (χ2n) is 5.53. The van der Waals surface area contributed by atoms with E-state index in [1.807, 2.05) is 35.6 Å². The minimum absolute atomic E-state index is 0.105. The molecule has 3 rings (SSSR count). The molecule has 20 heavy (non-hydrogen) atoms. The van der Waals surface area contributed by atoms with Crippen molar-refractivity contribution in [2.24, 2.45) is 0 Å². The fourth-order valence-electron chi connectivity index (χ4n) is 2.75. The predicted octanol–water partition coefficient (Wildman–Crippen LogP) is 4.29. The van der Waals surface area contributed by atoms with Crippen LogP contribution in [0, 0.1) is 0 Å². The molecule has 0 spiro atoms. The molecule has 2 aromatic rings. The molecule has 1 heterocycles. The Morgan fingerprint density at radius 2 is 1.95 bits per heavy atom. The van der Waals surface area contributed by atoms with E-state index < -0.39 is 0 Å². The summed E-state index contributed by atoms with van der Waals surface area (Å²) in [5.41, 5.74) is 3.64. The maximum absolute atomic E-state index is 9.06. The Balaban J connectivity index is 1.71. The number of hydrogen-bond donors (Lipinski definition) is 2. The maximum atomic E-state index is 9.06. The Morgan fingerprint density at radius 3 is 2.65 bits per heavy atom. The number of rotatable bonds is 4. The standard InChI is InChI=1S/C17H21NOS/c1-12(18-15-8-6-13(11-19)7-9-15)17-10-14-4-2-3-5-16(14)20-17/h6-10,12,18-19H,2-5,11H2,1H3. The summed E-state index contributed by atoms with van der Waals surface area (Å²) in [6.07, 6.45) is 5.20. The normalized spacial score (nSPS) is 15.7. The maximum Gasteiger partial charge on any atom is 0.0681 e. The van der Waals surface area contributed by atoms with Crippen LogP contribution in [0.5, 0.6) is 0 Å². The van der Waals surface area contributed by atoms with Crippen LogP contribution in [-0.2, 0) is 19.4 Å². The third-order valence-corrected chi connectivity index (χ3v) is 5.38. The van der Waals surface area contributed by atoms with Gasteiger partial charge in [-0.3, -0.25) is 0 Å². The number of thiophene rings is 1. The second-order valence-corrected chi connectivity index (χ2v) is 6.69. The number of hydrogen-bond acceptors (Lipinski definition) is 3. The smallest absolute Gasteiger partial charge is 0.0681 e. The van der Waals surface area contributed by atoms with E-state index >= 15 is 0 Å². The number of aliphatic hydroxyl groups is 1. The van der Waals surface area contributed by atoms with Gasteiger partial charge in [0.05, 0.1) is 12.6 Å². The number of aliphatic hydroxyl groups excluding tert-OH is 1. The van der Waals surface area contributed by atoms with Crippen LogP contribution in [0.25, 0.3) is 0 Å². The van der Waals surface area contributed by atoms with Crippen LogP contribution in [0.15, 0.2) is 30.3 Å². The van der Waals surface area contributed by atoms with Crippen molar-refractivity contribution in [3.8, 4) is 0 Å². The van der Waals surface area contributed by atoms with E-state index in [0.29, 0.717) is 6.04 Å². The van der Waals surface area contributed by atoms with Gasteiger partial charge < -0.3 is 10.4 Å². The second kappa shape index (κ2) is 5.98. The lowest BCUT2D eigenvalue weighted by Gasteiger charge is -2.14. The van der Waals surface area contributed by atoms with Crippen LogP contribution in [0.3, 0.4) is 0 Å². The third kappa shape index (κ3) is 2.89. The van der Waals surface area contributed by atoms with E-state index in [0.717, 1.165) is 11.3 Å². The van der Waals surface area contributed by atoms with Gasteiger partial charge in [-0.25, -0.2) is 0 Å². The van der Waals surface area contributed by atoms with E-state index in [-0.39, 0.29) is 6.61 Å². The molecule has 0 amide bonds. The van der Waals surface area contributed by atoms with Crippen molar-refractivity contribution in [1.29, 1.82) is 0 Å². The van der Waals surface area contributed by atoms with Crippen molar-refractivity contribution >= 4 is 17.0 Å². The van der Waals surface area contributed by atoms with Gasteiger partial charge in [0.15, 0.2) is 0 Å². The van der Waals surface area contributed by atoms with Crippen LogP contribution in [0.4, 0.5) is 5.69 Å². The Bertz CT molecular complexity index is 550. The summed E-state index contributed by atoms with van der Waals surface area (Å²) in [5.74, 6) is 0. The first-order valence-corrected chi connectivity index (χ1v) is 8.16. The molecule has 2 N–H and O–H groups in total. The average Bonchev–Trinajstić information content (AvgIpc) is 2.92. The van der Waals surface area contributed by atoms with Gasteiger partial charge >= 0.3 is 0 Å².